The molecule has 0 fully saturated rings. The zero-order valence-electron chi connectivity index (χ0n) is 8.20. The molecule has 7 heteroatoms. The van der Waals surface area contributed by atoms with Gasteiger partial charge in [0.05, 0.1) is 12.1 Å². The number of halogens is 2. The molecule has 1 aromatic rings. The Kier molecular flexibility index (Phi) is 3.56. The molecule has 88 valence electrons. The Balaban J connectivity index is 3.42. The number of carbonyl (C=O) groups is 1. The molecule has 5 nitrogen and oxygen atoms in total. The third-order valence-electron chi connectivity index (χ3n) is 1.99. The van der Waals surface area contributed by atoms with Crippen molar-refractivity contribution in [1.82, 2.24) is 0 Å². The van der Waals surface area contributed by atoms with E-state index in [9.17, 15) is 14.3 Å². The van der Waals surface area contributed by atoms with Crippen LogP contribution in [0.2, 0.25) is 5.02 Å². The predicted molar refractivity (Wildman–Crippen MR) is 54.2 cm³/mol. The molecule has 0 aliphatic carbocycles. The van der Waals surface area contributed by atoms with Gasteiger partial charge in [0.2, 0.25) is 0 Å². The Morgan fingerprint density at radius 3 is 2.69 bits per heavy atom. The number of rotatable bonds is 3. The van der Waals surface area contributed by atoms with Gasteiger partial charge in [-0.3, -0.25) is 4.79 Å². The third kappa shape index (κ3) is 2.02. The van der Waals surface area contributed by atoms with Crippen LogP contribution in [0.3, 0.4) is 0 Å². The summed E-state index contributed by atoms with van der Waals surface area (Å²) >= 11 is 5.50. The van der Waals surface area contributed by atoms with Crippen molar-refractivity contribution in [2.24, 2.45) is 5.73 Å². The number of hydrogen-bond donors (Lipinski definition) is 3. The maximum absolute atomic E-state index is 13.3. The van der Waals surface area contributed by atoms with Crippen molar-refractivity contribution in [3.8, 4) is 11.5 Å². The Hall–Kier alpha value is -1.53. The molecule has 16 heavy (non-hydrogen) atoms. The summed E-state index contributed by atoms with van der Waals surface area (Å²) in [7, 11) is 1.12. The number of carboxylic acids is 1. The van der Waals surface area contributed by atoms with E-state index in [1.165, 1.54) is 0 Å². The van der Waals surface area contributed by atoms with Crippen molar-refractivity contribution in [3.05, 3.63) is 22.5 Å². The van der Waals surface area contributed by atoms with Gasteiger partial charge in [-0.1, -0.05) is 11.6 Å². The zero-order chi connectivity index (χ0) is 12.5. The van der Waals surface area contributed by atoms with E-state index in [2.05, 4.69) is 4.74 Å². The van der Waals surface area contributed by atoms with E-state index in [0.29, 0.717) is 0 Å². The highest BCUT2D eigenvalue weighted by atomic mass is 35.5. The van der Waals surface area contributed by atoms with E-state index in [1.807, 2.05) is 0 Å². The molecule has 0 aliphatic rings. The molecule has 0 saturated carbocycles. The van der Waals surface area contributed by atoms with Crippen LogP contribution in [0.15, 0.2) is 6.07 Å². The first-order valence-corrected chi connectivity index (χ1v) is 4.51. The van der Waals surface area contributed by atoms with E-state index >= 15 is 0 Å². The number of phenols is 1. The number of aliphatic carboxylic acids is 1. The van der Waals surface area contributed by atoms with Crippen molar-refractivity contribution in [1.29, 1.82) is 0 Å². The summed E-state index contributed by atoms with van der Waals surface area (Å²) in [5.41, 5.74) is 5.07. The lowest BCUT2D eigenvalue weighted by atomic mass is 10.1. The Labute approximate surface area is 95.2 Å². The smallest absolute Gasteiger partial charge is 0.325 e. The number of nitrogens with two attached hydrogens (primary N) is 1. The van der Waals surface area contributed by atoms with Crippen LogP contribution in [0, 0.1) is 5.82 Å². The second kappa shape index (κ2) is 4.54. The second-order valence-electron chi connectivity index (χ2n) is 2.96. The van der Waals surface area contributed by atoms with Gasteiger partial charge in [-0.15, -0.1) is 0 Å². The SMILES string of the molecule is COc1c(O)c(C(N)C(=O)O)cc(Cl)c1F. The zero-order valence-corrected chi connectivity index (χ0v) is 8.95. The summed E-state index contributed by atoms with van der Waals surface area (Å²) < 4.78 is 17.9. The number of carboxylic acid groups (broad SMARTS) is 1. The third-order valence-corrected chi connectivity index (χ3v) is 2.26. The molecular weight excluding hydrogens is 241 g/mol. The minimum atomic E-state index is -1.51. The van der Waals surface area contributed by atoms with Crippen LogP contribution in [0.5, 0.6) is 11.5 Å². The molecule has 1 aromatic carbocycles. The lowest BCUT2D eigenvalue weighted by molar-refractivity contribution is -0.138. The highest BCUT2D eigenvalue weighted by Crippen LogP contribution is 2.39. The molecule has 0 aromatic heterocycles. The lowest BCUT2D eigenvalue weighted by Crippen LogP contribution is -2.21. The average molecular weight is 250 g/mol. The predicted octanol–water partition coefficient (Wildman–Crippen LogP) is 1.28. The molecule has 0 bridgehead atoms. The Bertz CT molecular complexity index is 438. The van der Waals surface area contributed by atoms with Crippen LogP contribution in [-0.4, -0.2) is 23.3 Å². The van der Waals surface area contributed by atoms with Crippen LogP contribution in [0.25, 0.3) is 0 Å². The maximum Gasteiger partial charge on any atom is 0.325 e. The summed E-state index contributed by atoms with van der Waals surface area (Å²) in [5, 5.41) is 17.8. The lowest BCUT2D eigenvalue weighted by Gasteiger charge is -2.13. The normalized spacial score (nSPS) is 12.2. The standard InChI is InChI=1S/C9H9ClFNO4/c1-16-8-5(11)4(10)2-3(7(8)13)6(12)9(14)15/h2,6,13H,12H2,1H3,(H,14,15). The maximum atomic E-state index is 13.3. The molecule has 0 radical (unpaired) electrons. The monoisotopic (exact) mass is 249 g/mol. The summed E-state index contributed by atoms with van der Waals surface area (Å²) in [6.07, 6.45) is 0. The first kappa shape index (κ1) is 12.5. The van der Waals surface area contributed by atoms with Gasteiger partial charge in [-0.25, -0.2) is 4.39 Å². The minimum absolute atomic E-state index is 0.212. The molecule has 0 aliphatic heterocycles. The number of benzene rings is 1. The van der Waals surface area contributed by atoms with Gasteiger partial charge in [-0.2, -0.15) is 0 Å². The van der Waals surface area contributed by atoms with Gasteiger partial charge < -0.3 is 20.7 Å². The van der Waals surface area contributed by atoms with Crippen molar-refractivity contribution < 1.29 is 24.1 Å². The van der Waals surface area contributed by atoms with E-state index in [-0.39, 0.29) is 10.6 Å². The summed E-state index contributed by atoms with van der Waals surface area (Å²) in [6.45, 7) is 0. The average Bonchev–Trinajstić information content (AvgIpc) is 2.23. The van der Waals surface area contributed by atoms with Crippen molar-refractivity contribution in [2.75, 3.05) is 7.11 Å². The van der Waals surface area contributed by atoms with Crippen LogP contribution in [-0.2, 0) is 4.79 Å². The molecule has 0 saturated heterocycles. The highest BCUT2D eigenvalue weighted by molar-refractivity contribution is 6.31. The van der Waals surface area contributed by atoms with E-state index in [0.717, 1.165) is 13.2 Å². The fourth-order valence-electron chi connectivity index (χ4n) is 1.17. The first-order valence-electron chi connectivity index (χ1n) is 4.13. The number of phenolic OH excluding ortho intramolecular Hbond substituents is 1. The largest absolute Gasteiger partial charge is 0.504 e. The van der Waals surface area contributed by atoms with Crippen molar-refractivity contribution in [2.45, 2.75) is 6.04 Å². The Morgan fingerprint density at radius 1 is 1.69 bits per heavy atom. The Morgan fingerprint density at radius 2 is 2.25 bits per heavy atom. The van der Waals surface area contributed by atoms with Crippen LogP contribution >= 0.6 is 11.6 Å². The molecule has 1 rings (SSSR count). The van der Waals surface area contributed by atoms with Crippen molar-refractivity contribution in [3.63, 3.8) is 0 Å². The number of hydrogen-bond acceptors (Lipinski definition) is 4. The van der Waals surface area contributed by atoms with Gasteiger partial charge >= 0.3 is 5.97 Å². The molecule has 1 atom stereocenters. The van der Waals surface area contributed by atoms with Gasteiger partial charge in [-0.05, 0) is 6.07 Å². The van der Waals surface area contributed by atoms with Gasteiger partial charge in [0, 0.05) is 5.56 Å². The van der Waals surface area contributed by atoms with E-state index in [4.69, 9.17) is 22.4 Å². The summed E-state index contributed by atoms with van der Waals surface area (Å²) in [6, 6.07) is -0.555. The molecular formula is C9H9ClFNO4. The summed E-state index contributed by atoms with van der Waals surface area (Å²) in [4.78, 5) is 10.6. The summed E-state index contributed by atoms with van der Waals surface area (Å²) in [5.74, 6) is -3.54. The minimum Gasteiger partial charge on any atom is -0.504 e. The van der Waals surface area contributed by atoms with Crippen LogP contribution in [0.4, 0.5) is 4.39 Å². The quantitative estimate of drug-likeness (QED) is 0.750. The fraction of sp³-hybridized carbons (Fsp3) is 0.222. The number of ether oxygens (including phenoxy) is 1. The highest BCUT2D eigenvalue weighted by Gasteiger charge is 2.25. The molecule has 0 heterocycles. The van der Waals surface area contributed by atoms with Crippen LogP contribution in [0.1, 0.15) is 11.6 Å². The number of aromatic hydroxyl groups is 1. The van der Waals surface area contributed by atoms with Gasteiger partial charge in [0.15, 0.2) is 17.3 Å². The molecule has 4 N–H and O–H groups in total. The topological polar surface area (TPSA) is 92.8 Å². The van der Waals surface area contributed by atoms with Crippen molar-refractivity contribution >= 4 is 17.6 Å². The second-order valence-corrected chi connectivity index (χ2v) is 3.37. The van der Waals surface area contributed by atoms with Gasteiger partial charge in [0.25, 0.3) is 0 Å². The number of methoxy groups -OCH3 is 1. The van der Waals surface area contributed by atoms with Crippen LogP contribution < -0.4 is 10.5 Å². The molecule has 1 unspecified atom stereocenters. The molecule has 0 spiro atoms. The first-order chi connectivity index (χ1) is 7.40. The van der Waals surface area contributed by atoms with E-state index in [1.54, 1.807) is 0 Å². The fourth-order valence-corrected chi connectivity index (χ4v) is 1.37. The molecule has 0 amide bonds. The van der Waals surface area contributed by atoms with Gasteiger partial charge in [0.1, 0.15) is 6.04 Å². The van der Waals surface area contributed by atoms with E-state index < -0.39 is 29.3 Å².